The molecule has 0 aliphatic carbocycles. The SMILES string of the molecule is CCCCN1CCCCC1. The molecule has 0 aromatic heterocycles. The maximum atomic E-state index is 2.60. The average Bonchev–Trinajstić information content (AvgIpc) is 2.03. The van der Waals surface area contributed by atoms with Gasteiger partial charge in [0, 0.05) is 0 Å². The zero-order valence-electron chi connectivity index (χ0n) is 7.10. The van der Waals surface area contributed by atoms with Crippen molar-refractivity contribution in [3.05, 3.63) is 0 Å². The third kappa shape index (κ3) is 2.70. The Hall–Kier alpha value is -0.0400. The van der Waals surface area contributed by atoms with E-state index in [1.54, 1.807) is 0 Å². The van der Waals surface area contributed by atoms with Crippen molar-refractivity contribution in [3.63, 3.8) is 0 Å². The van der Waals surface area contributed by atoms with Crippen LogP contribution in [0.3, 0.4) is 0 Å². The largest absolute Gasteiger partial charge is 0.303 e. The Morgan fingerprint density at radius 3 is 2.40 bits per heavy atom. The van der Waals surface area contributed by atoms with E-state index in [0.29, 0.717) is 0 Å². The predicted octanol–water partition coefficient (Wildman–Crippen LogP) is 2.27. The van der Waals surface area contributed by atoms with Crippen molar-refractivity contribution in [2.24, 2.45) is 0 Å². The zero-order chi connectivity index (χ0) is 7.23. The highest BCUT2D eigenvalue weighted by Gasteiger charge is 2.07. The second-order valence-electron chi connectivity index (χ2n) is 3.26. The average molecular weight is 141 g/mol. The molecule has 1 nitrogen and oxygen atoms in total. The van der Waals surface area contributed by atoms with Gasteiger partial charge < -0.3 is 4.90 Å². The molecular formula is C9H19N. The van der Waals surface area contributed by atoms with Crippen LogP contribution in [0.2, 0.25) is 0 Å². The van der Waals surface area contributed by atoms with E-state index in [1.165, 1.54) is 51.7 Å². The summed E-state index contributed by atoms with van der Waals surface area (Å²) >= 11 is 0. The van der Waals surface area contributed by atoms with E-state index in [1.807, 2.05) is 0 Å². The van der Waals surface area contributed by atoms with Crippen molar-refractivity contribution in [3.8, 4) is 0 Å². The molecule has 0 N–H and O–H groups in total. The molecule has 1 saturated heterocycles. The van der Waals surface area contributed by atoms with Gasteiger partial charge in [0.25, 0.3) is 0 Å². The van der Waals surface area contributed by atoms with Crippen LogP contribution in [0.1, 0.15) is 39.0 Å². The summed E-state index contributed by atoms with van der Waals surface area (Å²) in [7, 11) is 0. The number of likely N-dealkylation sites (tertiary alicyclic amines) is 1. The van der Waals surface area contributed by atoms with E-state index in [0.717, 1.165) is 0 Å². The van der Waals surface area contributed by atoms with Crippen molar-refractivity contribution in [2.45, 2.75) is 39.0 Å². The Kier molecular flexibility index (Phi) is 3.81. The molecule has 0 atom stereocenters. The predicted molar refractivity (Wildman–Crippen MR) is 45.2 cm³/mol. The second kappa shape index (κ2) is 4.73. The van der Waals surface area contributed by atoms with Gasteiger partial charge in [-0.3, -0.25) is 0 Å². The Morgan fingerprint density at radius 2 is 1.80 bits per heavy atom. The highest BCUT2D eigenvalue weighted by atomic mass is 15.1. The molecule has 1 rings (SSSR count). The Morgan fingerprint density at radius 1 is 1.10 bits per heavy atom. The summed E-state index contributed by atoms with van der Waals surface area (Å²) in [6.07, 6.45) is 7.06. The van der Waals surface area contributed by atoms with Gasteiger partial charge >= 0.3 is 0 Å². The molecule has 0 spiro atoms. The molecular weight excluding hydrogens is 122 g/mol. The first-order valence-corrected chi connectivity index (χ1v) is 4.66. The number of unbranched alkanes of at least 4 members (excludes halogenated alkanes) is 1. The lowest BCUT2D eigenvalue weighted by atomic mass is 10.1. The molecule has 0 unspecified atom stereocenters. The molecule has 1 aliphatic heterocycles. The smallest absolute Gasteiger partial charge is 0.00187 e. The van der Waals surface area contributed by atoms with Crippen molar-refractivity contribution in [1.82, 2.24) is 4.90 Å². The molecule has 1 heteroatoms. The topological polar surface area (TPSA) is 3.24 Å². The summed E-state index contributed by atoms with van der Waals surface area (Å²) in [5, 5.41) is 0. The third-order valence-corrected chi connectivity index (χ3v) is 2.28. The minimum Gasteiger partial charge on any atom is -0.303 e. The van der Waals surface area contributed by atoms with Crippen LogP contribution >= 0.6 is 0 Å². The first-order chi connectivity index (χ1) is 4.93. The van der Waals surface area contributed by atoms with Gasteiger partial charge in [-0.15, -0.1) is 0 Å². The number of hydrogen-bond acceptors (Lipinski definition) is 1. The number of hydrogen-bond donors (Lipinski definition) is 0. The molecule has 0 amide bonds. The van der Waals surface area contributed by atoms with E-state index < -0.39 is 0 Å². The van der Waals surface area contributed by atoms with Crippen molar-refractivity contribution in [2.75, 3.05) is 19.6 Å². The van der Waals surface area contributed by atoms with Gasteiger partial charge in [0.2, 0.25) is 0 Å². The van der Waals surface area contributed by atoms with Gasteiger partial charge in [-0.05, 0) is 38.9 Å². The van der Waals surface area contributed by atoms with Gasteiger partial charge in [0.05, 0.1) is 0 Å². The van der Waals surface area contributed by atoms with Gasteiger partial charge in [0.1, 0.15) is 0 Å². The van der Waals surface area contributed by atoms with Crippen LogP contribution in [0.15, 0.2) is 0 Å². The van der Waals surface area contributed by atoms with Crippen LogP contribution in [0.4, 0.5) is 0 Å². The number of piperidine rings is 1. The fourth-order valence-corrected chi connectivity index (χ4v) is 1.56. The lowest BCUT2D eigenvalue weighted by Gasteiger charge is -2.25. The fourth-order valence-electron chi connectivity index (χ4n) is 1.56. The summed E-state index contributed by atoms with van der Waals surface area (Å²) in [5.74, 6) is 0. The molecule has 10 heavy (non-hydrogen) atoms. The standard InChI is InChI=1S/C9H19N/c1-2-3-7-10-8-5-4-6-9-10/h2-9H2,1H3. The van der Waals surface area contributed by atoms with Crippen LogP contribution in [-0.2, 0) is 0 Å². The monoisotopic (exact) mass is 141 g/mol. The third-order valence-electron chi connectivity index (χ3n) is 2.28. The molecule has 1 fully saturated rings. The van der Waals surface area contributed by atoms with Gasteiger partial charge in [-0.1, -0.05) is 19.8 Å². The molecule has 60 valence electrons. The van der Waals surface area contributed by atoms with Crippen LogP contribution < -0.4 is 0 Å². The number of rotatable bonds is 3. The lowest BCUT2D eigenvalue weighted by Crippen LogP contribution is -2.30. The maximum Gasteiger partial charge on any atom is -0.00187 e. The molecule has 0 bridgehead atoms. The molecule has 0 radical (unpaired) electrons. The van der Waals surface area contributed by atoms with Gasteiger partial charge in [-0.2, -0.15) is 0 Å². The molecule has 0 aromatic rings. The second-order valence-corrected chi connectivity index (χ2v) is 3.26. The Bertz CT molecular complexity index is 74.8. The zero-order valence-corrected chi connectivity index (χ0v) is 7.10. The highest BCUT2D eigenvalue weighted by Crippen LogP contribution is 2.08. The normalized spacial score (nSPS) is 21.3. The first-order valence-electron chi connectivity index (χ1n) is 4.66. The molecule has 0 saturated carbocycles. The highest BCUT2D eigenvalue weighted by molar-refractivity contribution is 4.63. The van der Waals surface area contributed by atoms with E-state index in [-0.39, 0.29) is 0 Å². The molecule has 1 aliphatic rings. The summed E-state index contributed by atoms with van der Waals surface area (Å²) < 4.78 is 0. The Labute approximate surface area is 64.4 Å². The minimum atomic E-state index is 1.34. The summed E-state index contributed by atoms with van der Waals surface area (Å²) in [4.78, 5) is 2.60. The summed E-state index contributed by atoms with van der Waals surface area (Å²) in [6.45, 7) is 6.33. The van der Waals surface area contributed by atoms with E-state index in [9.17, 15) is 0 Å². The van der Waals surface area contributed by atoms with E-state index >= 15 is 0 Å². The summed E-state index contributed by atoms with van der Waals surface area (Å²) in [5.41, 5.74) is 0. The minimum absolute atomic E-state index is 1.34. The van der Waals surface area contributed by atoms with Gasteiger partial charge in [0.15, 0.2) is 0 Å². The van der Waals surface area contributed by atoms with Crippen LogP contribution in [0.25, 0.3) is 0 Å². The molecule has 0 aromatic carbocycles. The van der Waals surface area contributed by atoms with Crippen LogP contribution in [0, 0.1) is 0 Å². The quantitative estimate of drug-likeness (QED) is 0.583. The van der Waals surface area contributed by atoms with Crippen molar-refractivity contribution >= 4 is 0 Å². The van der Waals surface area contributed by atoms with Gasteiger partial charge in [-0.25, -0.2) is 0 Å². The fraction of sp³-hybridized carbons (Fsp3) is 1.00. The van der Waals surface area contributed by atoms with Crippen LogP contribution in [-0.4, -0.2) is 24.5 Å². The molecule has 1 heterocycles. The van der Waals surface area contributed by atoms with Crippen LogP contribution in [0.5, 0.6) is 0 Å². The summed E-state index contributed by atoms with van der Waals surface area (Å²) in [6, 6.07) is 0. The number of nitrogens with zero attached hydrogens (tertiary/aromatic N) is 1. The van der Waals surface area contributed by atoms with Crippen molar-refractivity contribution < 1.29 is 0 Å². The lowest BCUT2D eigenvalue weighted by molar-refractivity contribution is 0.226. The Balaban J connectivity index is 2.02. The van der Waals surface area contributed by atoms with E-state index in [4.69, 9.17) is 0 Å². The van der Waals surface area contributed by atoms with Crippen molar-refractivity contribution in [1.29, 1.82) is 0 Å². The first kappa shape index (κ1) is 8.06. The maximum absolute atomic E-state index is 2.60. The van der Waals surface area contributed by atoms with E-state index in [2.05, 4.69) is 11.8 Å².